The fourth-order valence-corrected chi connectivity index (χ4v) is 3.99. The Hall–Kier alpha value is -0.860. The van der Waals surface area contributed by atoms with Gasteiger partial charge in [0.05, 0.1) is 0 Å². The summed E-state index contributed by atoms with van der Waals surface area (Å²) in [5, 5.41) is 3.75. The van der Waals surface area contributed by atoms with Gasteiger partial charge >= 0.3 is 0 Å². The molecule has 2 nitrogen and oxygen atoms in total. The largest absolute Gasteiger partial charge is 0.309 e. The van der Waals surface area contributed by atoms with Gasteiger partial charge in [0.2, 0.25) is 0 Å². The van der Waals surface area contributed by atoms with Crippen LogP contribution in [0.2, 0.25) is 0 Å². The second-order valence-corrected chi connectivity index (χ2v) is 6.76. The Morgan fingerprint density at radius 2 is 1.57 bits per heavy atom. The molecule has 0 radical (unpaired) electrons. The highest BCUT2D eigenvalue weighted by atomic mass is 15.2. The maximum atomic E-state index is 3.75. The molecule has 0 bridgehead atoms. The molecule has 3 rings (SSSR count). The number of hydrogen-bond acceptors (Lipinski definition) is 2. The molecule has 2 fully saturated rings. The molecular weight excluding hydrogens is 256 g/mol. The average Bonchev–Trinajstić information content (AvgIpc) is 2.74. The number of nitrogens with one attached hydrogen (secondary N) is 1. The van der Waals surface area contributed by atoms with Gasteiger partial charge in [0.1, 0.15) is 0 Å². The molecule has 1 N–H and O–H groups in total. The van der Waals surface area contributed by atoms with Crippen molar-refractivity contribution in [3.63, 3.8) is 0 Å². The highest BCUT2D eigenvalue weighted by molar-refractivity contribution is 5.19. The molecule has 1 aliphatic heterocycles. The summed E-state index contributed by atoms with van der Waals surface area (Å²) in [6.07, 6.45) is 11.4. The van der Waals surface area contributed by atoms with Gasteiger partial charge in [-0.2, -0.15) is 0 Å². The third-order valence-corrected chi connectivity index (χ3v) is 5.22. The minimum absolute atomic E-state index is 0.513. The molecule has 1 unspecified atom stereocenters. The van der Waals surface area contributed by atoms with Gasteiger partial charge in [-0.1, -0.05) is 62.4 Å². The van der Waals surface area contributed by atoms with E-state index in [0.29, 0.717) is 6.04 Å². The summed E-state index contributed by atoms with van der Waals surface area (Å²) in [6, 6.07) is 12.4. The lowest BCUT2D eigenvalue weighted by Gasteiger charge is -2.34. The average molecular weight is 286 g/mol. The lowest BCUT2D eigenvalue weighted by atomic mass is 9.95. The Morgan fingerprint density at radius 1 is 0.857 bits per heavy atom. The van der Waals surface area contributed by atoms with E-state index in [1.54, 1.807) is 0 Å². The van der Waals surface area contributed by atoms with E-state index in [1.165, 1.54) is 70.0 Å². The number of benzene rings is 1. The molecule has 0 spiro atoms. The van der Waals surface area contributed by atoms with Crippen LogP contribution in [0.15, 0.2) is 30.3 Å². The smallest absolute Gasteiger partial charge is 0.0449 e. The van der Waals surface area contributed by atoms with Crippen molar-refractivity contribution in [2.45, 2.75) is 63.5 Å². The van der Waals surface area contributed by atoms with Gasteiger partial charge in [0.15, 0.2) is 0 Å². The number of hydrogen-bond donors (Lipinski definition) is 1. The van der Waals surface area contributed by atoms with Gasteiger partial charge in [0, 0.05) is 18.6 Å². The van der Waals surface area contributed by atoms with E-state index in [-0.39, 0.29) is 0 Å². The fourth-order valence-electron chi connectivity index (χ4n) is 3.99. The van der Waals surface area contributed by atoms with Crippen molar-refractivity contribution in [2.75, 3.05) is 19.6 Å². The van der Waals surface area contributed by atoms with Crippen molar-refractivity contribution in [1.82, 2.24) is 10.2 Å². The molecule has 2 heteroatoms. The number of rotatable bonds is 2. The summed E-state index contributed by atoms with van der Waals surface area (Å²) in [5.41, 5.74) is 1.45. The first-order valence-electron chi connectivity index (χ1n) is 8.96. The summed E-state index contributed by atoms with van der Waals surface area (Å²) in [7, 11) is 0. The standard InChI is InChI=1S/C19H30N2/c1-2-7-12-18(13-8-3-1)21-15-9-14-20-19(16-21)17-10-5-4-6-11-17/h4-6,10-11,18-20H,1-3,7-9,12-16H2. The first-order valence-corrected chi connectivity index (χ1v) is 8.96. The van der Waals surface area contributed by atoms with Gasteiger partial charge in [-0.25, -0.2) is 0 Å². The topological polar surface area (TPSA) is 15.3 Å². The Kier molecular flexibility index (Phi) is 5.70. The molecule has 1 saturated carbocycles. The molecule has 1 saturated heterocycles. The summed E-state index contributed by atoms with van der Waals surface area (Å²) >= 11 is 0. The quantitative estimate of drug-likeness (QED) is 0.879. The van der Waals surface area contributed by atoms with Crippen LogP contribution in [0.3, 0.4) is 0 Å². The van der Waals surface area contributed by atoms with Crippen LogP contribution in [-0.2, 0) is 0 Å². The molecule has 116 valence electrons. The van der Waals surface area contributed by atoms with Crippen LogP contribution in [0.1, 0.15) is 63.0 Å². The van der Waals surface area contributed by atoms with Crippen LogP contribution in [0.5, 0.6) is 0 Å². The maximum Gasteiger partial charge on any atom is 0.0449 e. The van der Waals surface area contributed by atoms with Gasteiger partial charge in [-0.15, -0.1) is 0 Å². The second kappa shape index (κ2) is 7.95. The SMILES string of the molecule is c1ccc(C2CN(C3CCCCCCC3)CCCN2)cc1. The molecule has 1 atom stereocenters. The molecule has 2 aliphatic rings. The fraction of sp³-hybridized carbons (Fsp3) is 0.684. The van der Waals surface area contributed by atoms with E-state index in [1.807, 2.05) is 0 Å². The van der Waals surface area contributed by atoms with Crippen LogP contribution in [-0.4, -0.2) is 30.6 Å². The lowest BCUT2D eigenvalue weighted by Crippen LogP contribution is -2.39. The highest BCUT2D eigenvalue weighted by Gasteiger charge is 2.25. The third kappa shape index (κ3) is 4.31. The van der Waals surface area contributed by atoms with E-state index in [0.717, 1.165) is 12.6 Å². The Bertz CT molecular complexity index is 395. The van der Waals surface area contributed by atoms with Crippen molar-refractivity contribution < 1.29 is 0 Å². The van der Waals surface area contributed by atoms with Gasteiger partial charge in [0.25, 0.3) is 0 Å². The summed E-state index contributed by atoms with van der Waals surface area (Å²) < 4.78 is 0. The zero-order chi connectivity index (χ0) is 14.3. The van der Waals surface area contributed by atoms with Crippen molar-refractivity contribution in [1.29, 1.82) is 0 Å². The van der Waals surface area contributed by atoms with Crippen LogP contribution < -0.4 is 5.32 Å². The van der Waals surface area contributed by atoms with E-state index in [4.69, 9.17) is 0 Å². The van der Waals surface area contributed by atoms with Gasteiger partial charge in [-0.3, -0.25) is 4.90 Å². The first-order chi connectivity index (χ1) is 10.4. The van der Waals surface area contributed by atoms with Crippen LogP contribution in [0, 0.1) is 0 Å². The van der Waals surface area contributed by atoms with Crippen LogP contribution in [0.4, 0.5) is 0 Å². The predicted octanol–water partition coefficient (Wildman–Crippen LogP) is 4.14. The lowest BCUT2D eigenvalue weighted by molar-refractivity contribution is 0.163. The minimum atomic E-state index is 0.513. The van der Waals surface area contributed by atoms with Crippen molar-refractivity contribution in [3.05, 3.63) is 35.9 Å². The molecule has 21 heavy (non-hydrogen) atoms. The second-order valence-electron chi connectivity index (χ2n) is 6.76. The molecule has 1 aliphatic carbocycles. The van der Waals surface area contributed by atoms with Crippen LogP contribution >= 0.6 is 0 Å². The molecule has 1 heterocycles. The minimum Gasteiger partial charge on any atom is -0.309 e. The number of nitrogens with zero attached hydrogens (tertiary/aromatic N) is 1. The van der Waals surface area contributed by atoms with Gasteiger partial charge < -0.3 is 5.32 Å². The summed E-state index contributed by atoms with van der Waals surface area (Å²) in [5.74, 6) is 0. The van der Waals surface area contributed by atoms with E-state index >= 15 is 0 Å². The Balaban J connectivity index is 1.66. The highest BCUT2D eigenvalue weighted by Crippen LogP contribution is 2.25. The maximum absolute atomic E-state index is 3.75. The van der Waals surface area contributed by atoms with Gasteiger partial charge in [-0.05, 0) is 37.9 Å². The van der Waals surface area contributed by atoms with Crippen molar-refractivity contribution >= 4 is 0 Å². The van der Waals surface area contributed by atoms with E-state index < -0.39 is 0 Å². The van der Waals surface area contributed by atoms with E-state index in [2.05, 4.69) is 40.5 Å². The zero-order valence-corrected chi connectivity index (χ0v) is 13.3. The molecule has 0 amide bonds. The van der Waals surface area contributed by atoms with Crippen LogP contribution in [0.25, 0.3) is 0 Å². The normalized spacial score (nSPS) is 26.8. The zero-order valence-electron chi connectivity index (χ0n) is 13.3. The third-order valence-electron chi connectivity index (χ3n) is 5.22. The monoisotopic (exact) mass is 286 g/mol. The molecule has 1 aromatic carbocycles. The Morgan fingerprint density at radius 3 is 2.33 bits per heavy atom. The van der Waals surface area contributed by atoms with Crippen molar-refractivity contribution in [3.8, 4) is 0 Å². The molecule has 0 aromatic heterocycles. The predicted molar refractivity (Wildman–Crippen MR) is 89.5 cm³/mol. The summed E-state index contributed by atoms with van der Waals surface area (Å²) in [6.45, 7) is 3.62. The Labute approximate surface area is 129 Å². The summed E-state index contributed by atoms with van der Waals surface area (Å²) in [4.78, 5) is 2.79. The van der Waals surface area contributed by atoms with E-state index in [9.17, 15) is 0 Å². The molecular formula is C19H30N2. The molecule has 1 aromatic rings. The van der Waals surface area contributed by atoms with Crippen molar-refractivity contribution in [2.24, 2.45) is 0 Å². The first kappa shape index (κ1) is 15.1.